The molecule has 1 heterocycles. The molecule has 7 nitrogen and oxygen atoms in total. The van der Waals surface area contributed by atoms with Gasteiger partial charge in [0.05, 0.1) is 30.5 Å². The molecule has 1 aliphatic heterocycles. The van der Waals surface area contributed by atoms with Crippen LogP contribution < -0.4 is 24.6 Å². The molecule has 1 N–H and O–H groups in total. The van der Waals surface area contributed by atoms with Crippen LogP contribution in [-0.4, -0.2) is 31.6 Å². The van der Waals surface area contributed by atoms with E-state index < -0.39 is 11.8 Å². The van der Waals surface area contributed by atoms with Crippen LogP contribution in [0.3, 0.4) is 0 Å². The lowest BCUT2D eigenvalue weighted by atomic mass is 10.1. The van der Waals surface area contributed by atoms with Gasteiger partial charge in [-0.3, -0.25) is 15.0 Å². The first-order chi connectivity index (χ1) is 17.1. The Hall–Kier alpha value is -3.97. The van der Waals surface area contributed by atoms with E-state index in [1.165, 1.54) is 11.1 Å². The van der Waals surface area contributed by atoms with E-state index >= 15 is 0 Å². The smallest absolute Gasteiger partial charge is 0.282 e. The SMILES string of the molecule is CCOc1cc(C=C2C(=O)NN(c3ccccc3)C2=O)cc(Cl)c1OCCCOc1ccccc1. The van der Waals surface area contributed by atoms with Crippen molar-refractivity contribution < 1.29 is 23.8 Å². The van der Waals surface area contributed by atoms with Crippen molar-refractivity contribution >= 4 is 35.2 Å². The van der Waals surface area contributed by atoms with Crippen LogP contribution in [0.2, 0.25) is 5.02 Å². The third-order valence-electron chi connectivity index (χ3n) is 5.10. The van der Waals surface area contributed by atoms with Crippen LogP contribution in [-0.2, 0) is 9.59 Å². The number of para-hydroxylation sites is 2. The van der Waals surface area contributed by atoms with E-state index in [4.69, 9.17) is 25.8 Å². The first-order valence-corrected chi connectivity index (χ1v) is 11.6. The van der Waals surface area contributed by atoms with Crippen molar-refractivity contribution in [3.63, 3.8) is 0 Å². The summed E-state index contributed by atoms with van der Waals surface area (Å²) in [5, 5.41) is 1.53. The Bertz CT molecular complexity index is 1220. The van der Waals surface area contributed by atoms with Gasteiger partial charge in [-0.2, -0.15) is 0 Å². The number of rotatable bonds is 10. The van der Waals surface area contributed by atoms with E-state index in [1.54, 1.807) is 36.4 Å². The number of anilines is 1. The average Bonchev–Trinajstić information content (AvgIpc) is 3.15. The van der Waals surface area contributed by atoms with E-state index in [0.717, 1.165) is 5.75 Å². The summed E-state index contributed by atoms with van der Waals surface area (Å²) < 4.78 is 17.3. The van der Waals surface area contributed by atoms with Crippen LogP contribution >= 0.6 is 11.6 Å². The molecule has 35 heavy (non-hydrogen) atoms. The Labute approximate surface area is 208 Å². The fourth-order valence-electron chi connectivity index (χ4n) is 3.50. The predicted octanol–water partition coefficient (Wildman–Crippen LogP) is 5.05. The zero-order chi connectivity index (χ0) is 24.6. The monoisotopic (exact) mass is 492 g/mol. The van der Waals surface area contributed by atoms with Gasteiger partial charge in [-0.25, -0.2) is 5.01 Å². The van der Waals surface area contributed by atoms with E-state index in [1.807, 2.05) is 43.3 Å². The number of carbonyl (C=O) groups excluding carboxylic acids is 2. The van der Waals surface area contributed by atoms with Crippen molar-refractivity contribution in [1.29, 1.82) is 0 Å². The van der Waals surface area contributed by atoms with Crippen LogP contribution in [0.1, 0.15) is 18.9 Å². The molecule has 0 atom stereocenters. The molecule has 0 unspecified atom stereocenters. The van der Waals surface area contributed by atoms with Gasteiger partial charge in [-0.15, -0.1) is 0 Å². The van der Waals surface area contributed by atoms with Gasteiger partial charge in [0.25, 0.3) is 11.8 Å². The Morgan fingerprint density at radius 1 is 0.914 bits per heavy atom. The summed E-state index contributed by atoms with van der Waals surface area (Å²) in [6, 6.07) is 21.8. The number of amides is 2. The average molecular weight is 493 g/mol. The number of hydrazine groups is 1. The molecule has 8 heteroatoms. The minimum Gasteiger partial charge on any atom is -0.493 e. The molecule has 180 valence electrons. The van der Waals surface area contributed by atoms with E-state index in [2.05, 4.69) is 5.43 Å². The highest BCUT2D eigenvalue weighted by Gasteiger charge is 2.34. The lowest BCUT2D eigenvalue weighted by molar-refractivity contribution is -0.117. The molecular formula is C27H25ClN2O5. The molecule has 1 saturated heterocycles. The van der Waals surface area contributed by atoms with Crippen LogP contribution in [0, 0.1) is 0 Å². The van der Waals surface area contributed by atoms with Crippen LogP contribution in [0.5, 0.6) is 17.2 Å². The van der Waals surface area contributed by atoms with Crippen molar-refractivity contribution in [2.75, 3.05) is 24.8 Å². The molecule has 2 amide bonds. The van der Waals surface area contributed by atoms with Gasteiger partial charge in [-0.05, 0) is 55.0 Å². The summed E-state index contributed by atoms with van der Waals surface area (Å²) >= 11 is 6.50. The second kappa shape index (κ2) is 11.4. The Kier molecular flexibility index (Phi) is 7.90. The second-order valence-electron chi connectivity index (χ2n) is 7.60. The zero-order valence-corrected chi connectivity index (χ0v) is 20.0. The van der Waals surface area contributed by atoms with Gasteiger partial charge in [0.2, 0.25) is 0 Å². The van der Waals surface area contributed by atoms with Crippen molar-refractivity contribution in [3.8, 4) is 17.2 Å². The normalized spacial score (nSPS) is 14.2. The molecule has 0 saturated carbocycles. The molecule has 0 spiro atoms. The number of carbonyl (C=O) groups is 2. The lowest BCUT2D eigenvalue weighted by Crippen LogP contribution is -2.35. The Morgan fingerprint density at radius 3 is 2.31 bits per heavy atom. The molecule has 0 bridgehead atoms. The molecule has 1 fully saturated rings. The maximum atomic E-state index is 12.9. The van der Waals surface area contributed by atoms with Gasteiger partial charge in [0.15, 0.2) is 11.5 Å². The molecule has 1 aliphatic rings. The molecule has 0 aliphatic carbocycles. The first kappa shape index (κ1) is 24.2. The van der Waals surface area contributed by atoms with Crippen LogP contribution in [0.15, 0.2) is 78.4 Å². The number of nitrogens with one attached hydrogen (secondary N) is 1. The number of hydrogen-bond donors (Lipinski definition) is 1. The van der Waals surface area contributed by atoms with Gasteiger partial charge in [-0.1, -0.05) is 48.0 Å². The highest BCUT2D eigenvalue weighted by molar-refractivity contribution is 6.33. The lowest BCUT2D eigenvalue weighted by Gasteiger charge is -2.15. The number of halogens is 1. The van der Waals surface area contributed by atoms with Crippen molar-refractivity contribution in [2.24, 2.45) is 0 Å². The zero-order valence-electron chi connectivity index (χ0n) is 19.2. The number of ether oxygens (including phenoxy) is 3. The summed E-state index contributed by atoms with van der Waals surface area (Å²) in [4.78, 5) is 25.4. The third kappa shape index (κ3) is 5.94. The topological polar surface area (TPSA) is 77.1 Å². The van der Waals surface area contributed by atoms with E-state index in [9.17, 15) is 9.59 Å². The van der Waals surface area contributed by atoms with E-state index in [0.29, 0.717) is 54.0 Å². The van der Waals surface area contributed by atoms with Crippen molar-refractivity contribution in [2.45, 2.75) is 13.3 Å². The largest absolute Gasteiger partial charge is 0.493 e. The highest BCUT2D eigenvalue weighted by Crippen LogP contribution is 2.37. The quantitative estimate of drug-likeness (QED) is 0.243. The minimum absolute atomic E-state index is 0.000836. The summed E-state index contributed by atoms with van der Waals surface area (Å²) in [5.74, 6) is 0.694. The first-order valence-electron chi connectivity index (χ1n) is 11.3. The standard InChI is InChI=1S/C27H25ClN2O5/c1-2-33-24-18-19(16-22-26(31)29-30(27(22)32)20-10-5-3-6-11-20)17-23(28)25(24)35-15-9-14-34-21-12-7-4-8-13-21/h3-8,10-13,16-18H,2,9,14-15H2,1H3,(H,29,31). The summed E-state index contributed by atoms with van der Waals surface area (Å²) in [6.45, 7) is 3.11. The summed E-state index contributed by atoms with van der Waals surface area (Å²) in [6.07, 6.45) is 2.14. The molecule has 0 aromatic heterocycles. The number of hydrogen-bond acceptors (Lipinski definition) is 5. The molecule has 3 aromatic carbocycles. The van der Waals surface area contributed by atoms with E-state index in [-0.39, 0.29) is 5.57 Å². The van der Waals surface area contributed by atoms with Gasteiger partial charge in [0.1, 0.15) is 11.3 Å². The maximum Gasteiger partial charge on any atom is 0.282 e. The predicted molar refractivity (Wildman–Crippen MR) is 135 cm³/mol. The molecular weight excluding hydrogens is 468 g/mol. The second-order valence-corrected chi connectivity index (χ2v) is 8.01. The maximum absolute atomic E-state index is 12.9. The van der Waals surface area contributed by atoms with Crippen molar-refractivity contribution in [3.05, 3.63) is 89.0 Å². The summed E-state index contributed by atoms with van der Waals surface area (Å²) in [5.41, 5.74) is 3.70. The Morgan fingerprint density at radius 2 is 1.60 bits per heavy atom. The Balaban J connectivity index is 1.46. The molecule has 3 aromatic rings. The molecule has 4 rings (SSSR count). The number of nitrogens with zero attached hydrogens (tertiary/aromatic N) is 1. The summed E-state index contributed by atoms with van der Waals surface area (Å²) in [7, 11) is 0. The fraction of sp³-hybridized carbons (Fsp3) is 0.185. The van der Waals surface area contributed by atoms with Crippen molar-refractivity contribution in [1.82, 2.24) is 5.43 Å². The van der Waals surface area contributed by atoms with Crippen LogP contribution in [0.4, 0.5) is 5.69 Å². The van der Waals surface area contributed by atoms with Gasteiger partial charge < -0.3 is 14.2 Å². The highest BCUT2D eigenvalue weighted by atomic mass is 35.5. The van der Waals surface area contributed by atoms with Gasteiger partial charge in [0, 0.05) is 6.42 Å². The fourth-order valence-corrected chi connectivity index (χ4v) is 3.77. The number of benzene rings is 3. The third-order valence-corrected chi connectivity index (χ3v) is 5.38. The van der Waals surface area contributed by atoms with Crippen LogP contribution in [0.25, 0.3) is 6.08 Å². The molecule has 0 radical (unpaired) electrons. The van der Waals surface area contributed by atoms with Gasteiger partial charge >= 0.3 is 0 Å². The minimum atomic E-state index is -0.494.